The van der Waals surface area contributed by atoms with Gasteiger partial charge in [0.15, 0.2) is 0 Å². The van der Waals surface area contributed by atoms with Crippen LogP contribution >= 0.6 is 15.9 Å². The van der Waals surface area contributed by atoms with E-state index >= 15 is 0 Å². The van der Waals surface area contributed by atoms with Gasteiger partial charge in [0.1, 0.15) is 11.6 Å². The average Bonchev–Trinajstić information content (AvgIpc) is 2.27. The van der Waals surface area contributed by atoms with Gasteiger partial charge in [-0.1, -0.05) is 27.7 Å². The first kappa shape index (κ1) is 17.6. The van der Waals surface area contributed by atoms with Crippen molar-refractivity contribution in [1.29, 1.82) is 0 Å². The molecular formula is C16H24BrF2N. The van der Waals surface area contributed by atoms with Crippen molar-refractivity contribution in [3.05, 3.63) is 33.8 Å². The van der Waals surface area contributed by atoms with Crippen molar-refractivity contribution in [3.63, 3.8) is 0 Å². The first-order valence-electron chi connectivity index (χ1n) is 6.98. The molecular weight excluding hydrogens is 324 g/mol. The Morgan fingerprint density at radius 1 is 1.25 bits per heavy atom. The number of nitrogens with two attached hydrogens (primary N) is 1. The zero-order chi connectivity index (χ0) is 15.5. The standard InChI is InChI=1S/C16H24BrF2N/c1-10(9-16(2,3)4)7-11(20)8-12-14(18)6-5-13(17)15(12)19/h5-6,10-11H,7-9,20H2,1-4H3. The van der Waals surface area contributed by atoms with Crippen molar-refractivity contribution in [3.8, 4) is 0 Å². The molecule has 0 aliphatic heterocycles. The molecule has 1 aromatic rings. The number of halogens is 3. The molecule has 2 unspecified atom stereocenters. The third-order valence-corrected chi connectivity index (χ3v) is 3.88. The molecule has 1 rings (SSSR count). The normalized spacial score (nSPS) is 15.2. The Kier molecular flexibility index (Phi) is 6.14. The summed E-state index contributed by atoms with van der Waals surface area (Å²) >= 11 is 3.08. The minimum absolute atomic E-state index is 0.0785. The lowest BCUT2D eigenvalue weighted by atomic mass is 9.82. The molecule has 1 nitrogen and oxygen atoms in total. The van der Waals surface area contributed by atoms with Crippen LogP contribution in [0.3, 0.4) is 0 Å². The lowest BCUT2D eigenvalue weighted by Crippen LogP contribution is -2.27. The van der Waals surface area contributed by atoms with E-state index < -0.39 is 11.6 Å². The first-order chi connectivity index (χ1) is 9.10. The number of benzene rings is 1. The Hall–Kier alpha value is -0.480. The van der Waals surface area contributed by atoms with Gasteiger partial charge in [0.25, 0.3) is 0 Å². The summed E-state index contributed by atoms with van der Waals surface area (Å²) in [5.41, 5.74) is 6.38. The van der Waals surface area contributed by atoms with Gasteiger partial charge in [0.05, 0.1) is 4.47 Å². The highest BCUT2D eigenvalue weighted by Gasteiger charge is 2.20. The molecule has 0 bridgehead atoms. The number of hydrogen-bond donors (Lipinski definition) is 1. The van der Waals surface area contributed by atoms with Gasteiger partial charge < -0.3 is 5.73 Å². The fourth-order valence-electron chi connectivity index (χ4n) is 2.75. The zero-order valence-electron chi connectivity index (χ0n) is 12.6. The molecule has 0 fully saturated rings. The van der Waals surface area contributed by atoms with Gasteiger partial charge in [-0.05, 0) is 58.7 Å². The van der Waals surface area contributed by atoms with Crippen molar-refractivity contribution in [1.82, 2.24) is 0 Å². The highest BCUT2D eigenvalue weighted by atomic mass is 79.9. The van der Waals surface area contributed by atoms with Crippen molar-refractivity contribution in [2.24, 2.45) is 17.1 Å². The fraction of sp³-hybridized carbons (Fsp3) is 0.625. The van der Waals surface area contributed by atoms with E-state index in [0.29, 0.717) is 5.92 Å². The van der Waals surface area contributed by atoms with Crippen LogP contribution in [0.15, 0.2) is 16.6 Å². The Morgan fingerprint density at radius 3 is 2.40 bits per heavy atom. The van der Waals surface area contributed by atoms with E-state index in [4.69, 9.17) is 5.73 Å². The van der Waals surface area contributed by atoms with Crippen molar-refractivity contribution >= 4 is 15.9 Å². The molecule has 0 amide bonds. The molecule has 0 radical (unpaired) electrons. The molecule has 0 aliphatic carbocycles. The lowest BCUT2D eigenvalue weighted by Gasteiger charge is -2.25. The second kappa shape index (κ2) is 6.99. The highest BCUT2D eigenvalue weighted by Crippen LogP contribution is 2.28. The van der Waals surface area contributed by atoms with Crippen LogP contribution in [0.25, 0.3) is 0 Å². The van der Waals surface area contributed by atoms with Gasteiger partial charge in [0, 0.05) is 11.6 Å². The Labute approximate surface area is 129 Å². The molecule has 20 heavy (non-hydrogen) atoms. The van der Waals surface area contributed by atoms with Crippen LogP contribution in [0.4, 0.5) is 8.78 Å². The molecule has 0 heterocycles. The maximum Gasteiger partial charge on any atom is 0.143 e. The summed E-state index contributed by atoms with van der Waals surface area (Å²) in [7, 11) is 0. The van der Waals surface area contributed by atoms with Gasteiger partial charge in [-0.2, -0.15) is 0 Å². The lowest BCUT2D eigenvalue weighted by molar-refractivity contribution is 0.284. The van der Waals surface area contributed by atoms with E-state index in [1.54, 1.807) is 0 Å². The maximum atomic E-state index is 13.9. The van der Waals surface area contributed by atoms with Gasteiger partial charge in [-0.3, -0.25) is 0 Å². The minimum Gasteiger partial charge on any atom is -0.327 e. The molecule has 1 aromatic carbocycles. The predicted octanol–water partition coefficient (Wildman–Crippen LogP) is 5.06. The topological polar surface area (TPSA) is 26.0 Å². The molecule has 2 N–H and O–H groups in total. The van der Waals surface area contributed by atoms with E-state index in [1.807, 2.05) is 0 Å². The summed E-state index contributed by atoms with van der Waals surface area (Å²) in [6.07, 6.45) is 2.04. The molecule has 0 saturated heterocycles. The molecule has 0 aromatic heterocycles. The predicted molar refractivity (Wildman–Crippen MR) is 83.6 cm³/mol. The smallest absolute Gasteiger partial charge is 0.143 e. The van der Waals surface area contributed by atoms with Gasteiger partial charge in [-0.25, -0.2) is 8.78 Å². The van der Waals surface area contributed by atoms with Gasteiger partial charge >= 0.3 is 0 Å². The van der Waals surface area contributed by atoms with E-state index in [1.165, 1.54) is 12.1 Å². The van der Waals surface area contributed by atoms with Crippen LogP contribution in [-0.2, 0) is 6.42 Å². The minimum atomic E-state index is -0.538. The number of rotatable bonds is 5. The Balaban J connectivity index is 2.68. The third kappa shape index (κ3) is 5.49. The molecule has 2 atom stereocenters. The highest BCUT2D eigenvalue weighted by molar-refractivity contribution is 9.10. The fourth-order valence-corrected chi connectivity index (χ4v) is 3.12. The summed E-state index contributed by atoms with van der Waals surface area (Å²) in [4.78, 5) is 0. The second-order valence-corrected chi connectivity index (χ2v) is 7.75. The van der Waals surface area contributed by atoms with Crippen LogP contribution in [0.5, 0.6) is 0 Å². The quantitative estimate of drug-likeness (QED) is 0.740. The summed E-state index contributed by atoms with van der Waals surface area (Å²) in [6.45, 7) is 8.69. The number of hydrogen-bond acceptors (Lipinski definition) is 1. The van der Waals surface area contributed by atoms with Crippen molar-refractivity contribution in [2.45, 2.75) is 53.0 Å². The van der Waals surface area contributed by atoms with Crippen LogP contribution in [0, 0.1) is 23.0 Å². The average molecular weight is 348 g/mol. The monoisotopic (exact) mass is 347 g/mol. The summed E-state index contributed by atoms with van der Waals surface area (Å²) in [5, 5.41) is 0. The van der Waals surface area contributed by atoms with Crippen LogP contribution in [0.1, 0.15) is 46.1 Å². The van der Waals surface area contributed by atoms with E-state index in [0.717, 1.165) is 12.8 Å². The van der Waals surface area contributed by atoms with E-state index in [2.05, 4.69) is 43.6 Å². The summed E-state index contributed by atoms with van der Waals surface area (Å²) in [6, 6.07) is 2.42. The largest absolute Gasteiger partial charge is 0.327 e. The van der Waals surface area contributed by atoms with E-state index in [9.17, 15) is 8.78 Å². The molecule has 4 heteroatoms. The Bertz CT molecular complexity index is 455. The SMILES string of the molecule is CC(CC(N)Cc1c(F)ccc(Br)c1F)CC(C)(C)C. The molecule has 114 valence electrons. The summed E-state index contributed by atoms with van der Waals surface area (Å²) in [5.74, 6) is -0.628. The van der Waals surface area contributed by atoms with Crippen LogP contribution in [0.2, 0.25) is 0 Å². The zero-order valence-corrected chi connectivity index (χ0v) is 14.2. The Morgan fingerprint density at radius 2 is 1.85 bits per heavy atom. The molecule has 0 saturated carbocycles. The van der Waals surface area contributed by atoms with Gasteiger partial charge in [-0.15, -0.1) is 0 Å². The first-order valence-corrected chi connectivity index (χ1v) is 7.77. The maximum absolute atomic E-state index is 13.9. The van der Waals surface area contributed by atoms with E-state index in [-0.39, 0.29) is 27.9 Å². The summed E-state index contributed by atoms with van der Waals surface area (Å²) < 4.78 is 27.9. The second-order valence-electron chi connectivity index (χ2n) is 6.89. The van der Waals surface area contributed by atoms with Crippen LogP contribution in [-0.4, -0.2) is 6.04 Å². The van der Waals surface area contributed by atoms with Crippen molar-refractivity contribution in [2.75, 3.05) is 0 Å². The molecule has 0 spiro atoms. The van der Waals surface area contributed by atoms with Crippen molar-refractivity contribution < 1.29 is 8.78 Å². The van der Waals surface area contributed by atoms with Gasteiger partial charge in [0.2, 0.25) is 0 Å². The molecule has 0 aliphatic rings. The third-order valence-electron chi connectivity index (χ3n) is 3.27. The van der Waals surface area contributed by atoms with Crippen LogP contribution < -0.4 is 5.73 Å².